The summed E-state index contributed by atoms with van der Waals surface area (Å²) >= 11 is 0. The van der Waals surface area contributed by atoms with Crippen molar-refractivity contribution in [2.45, 2.75) is 51.5 Å². The lowest BCUT2D eigenvalue weighted by Crippen LogP contribution is -2.63. The number of hydrogen-bond donors (Lipinski definition) is 3. The molecule has 4 saturated carbocycles. The molecule has 4 N–H and O–H groups in total. The molecule has 1 heterocycles. The molecule has 3 amide bonds. The van der Waals surface area contributed by atoms with E-state index in [4.69, 9.17) is 5.73 Å². The van der Waals surface area contributed by atoms with Gasteiger partial charge in [0.15, 0.2) is 0 Å². The number of nitrogens with two attached hydrogens (primary N) is 1. The van der Waals surface area contributed by atoms with Crippen molar-refractivity contribution in [3.05, 3.63) is 24.3 Å². The van der Waals surface area contributed by atoms with Crippen LogP contribution in [0.2, 0.25) is 0 Å². The van der Waals surface area contributed by atoms with E-state index in [1.807, 2.05) is 0 Å². The smallest absolute Gasteiger partial charge is 0.304 e. The minimum atomic E-state index is -3.96. The molecule has 2 unspecified atom stereocenters. The first kappa shape index (κ1) is 24.1. The van der Waals surface area contributed by atoms with E-state index in [1.165, 1.54) is 15.5 Å². The summed E-state index contributed by atoms with van der Waals surface area (Å²) in [6.45, 7) is 1.62. The Labute approximate surface area is 205 Å². The zero-order chi connectivity index (χ0) is 25.0. The number of amides is 3. The van der Waals surface area contributed by atoms with Gasteiger partial charge in [0.2, 0.25) is 17.7 Å². The van der Waals surface area contributed by atoms with Gasteiger partial charge in [0.05, 0.1) is 17.9 Å². The molecule has 10 nitrogen and oxygen atoms in total. The number of rotatable bonds is 6. The lowest BCUT2D eigenvalue weighted by Gasteiger charge is -2.58. The predicted octanol–water partition coefficient (Wildman–Crippen LogP) is 1.20. The molecule has 1 aromatic rings. The van der Waals surface area contributed by atoms with Gasteiger partial charge in [0, 0.05) is 31.5 Å². The molecule has 1 aliphatic heterocycles. The maximum absolute atomic E-state index is 13.4. The normalized spacial score (nSPS) is 33.3. The van der Waals surface area contributed by atoms with E-state index in [0.717, 1.165) is 19.3 Å². The number of carbonyl (C=O) groups excluding carboxylic acids is 3. The second-order valence-corrected chi connectivity index (χ2v) is 12.5. The van der Waals surface area contributed by atoms with Crippen LogP contribution >= 0.6 is 0 Å². The lowest BCUT2D eigenvalue weighted by atomic mass is 9.47. The van der Waals surface area contributed by atoms with Crippen molar-refractivity contribution in [3.63, 3.8) is 0 Å². The second-order valence-electron chi connectivity index (χ2n) is 10.7. The molecule has 0 spiro atoms. The van der Waals surface area contributed by atoms with Gasteiger partial charge in [0.25, 0.3) is 0 Å². The fraction of sp³-hybridized carbons (Fsp3) is 0.625. The first-order chi connectivity index (χ1) is 16.6. The zero-order valence-electron chi connectivity index (χ0n) is 19.9. The number of nitrogens with zero attached hydrogens (tertiary/aromatic N) is 2. The van der Waals surface area contributed by atoms with Crippen LogP contribution in [-0.4, -0.2) is 56.1 Å². The molecule has 11 heteroatoms. The Kier molecular flexibility index (Phi) is 6.03. The highest BCUT2D eigenvalue weighted by molar-refractivity contribution is 7.90. The maximum atomic E-state index is 13.4. The van der Waals surface area contributed by atoms with Crippen molar-refractivity contribution in [2.75, 3.05) is 29.3 Å². The molecule has 1 aromatic carbocycles. The lowest BCUT2D eigenvalue weighted by molar-refractivity contribution is -0.147. The van der Waals surface area contributed by atoms with Crippen molar-refractivity contribution < 1.29 is 22.8 Å². The summed E-state index contributed by atoms with van der Waals surface area (Å²) in [5.41, 5.74) is 6.12. The van der Waals surface area contributed by atoms with Crippen molar-refractivity contribution in [2.24, 2.45) is 28.9 Å². The van der Waals surface area contributed by atoms with E-state index in [9.17, 15) is 22.8 Å². The summed E-state index contributed by atoms with van der Waals surface area (Å²) in [6.07, 6.45) is 4.78. The van der Waals surface area contributed by atoms with E-state index in [-0.39, 0.29) is 55.2 Å². The minimum Gasteiger partial charge on any atom is -0.369 e. The summed E-state index contributed by atoms with van der Waals surface area (Å²) in [5.74, 6) is 0.0509. The summed E-state index contributed by atoms with van der Waals surface area (Å²) in [5, 5.41) is 5.81. The van der Waals surface area contributed by atoms with E-state index in [2.05, 4.69) is 10.6 Å². The van der Waals surface area contributed by atoms with Crippen LogP contribution in [0.4, 0.5) is 11.4 Å². The van der Waals surface area contributed by atoms with Gasteiger partial charge in [-0.15, -0.1) is 0 Å². The fourth-order valence-electron chi connectivity index (χ4n) is 7.11. The summed E-state index contributed by atoms with van der Waals surface area (Å²) < 4.78 is 29.4. The molecular weight excluding hydrogens is 470 g/mol. The third-order valence-corrected chi connectivity index (χ3v) is 10.2. The summed E-state index contributed by atoms with van der Waals surface area (Å²) in [4.78, 5) is 36.9. The van der Waals surface area contributed by atoms with Crippen molar-refractivity contribution >= 4 is 39.3 Å². The molecule has 5 aliphatic rings. The van der Waals surface area contributed by atoms with Gasteiger partial charge in [-0.2, -0.15) is 12.7 Å². The van der Waals surface area contributed by atoms with Gasteiger partial charge in [-0.25, -0.2) is 0 Å². The Morgan fingerprint density at radius 2 is 1.77 bits per heavy atom. The number of primary amides is 1. The maximum Gasteiger partial charge on any atom is 0.304 e. The quantitative estimate of drug-likeness (QED) is 0.535. The fourth-order valence-corrected chi connectivity index (χ4v) is 8.79. The molecule has 4 bridgehead atoms. The Morgan fingerprint density at radius 1 is 1.09 bits per heavy atom. The van der Waals surface area contributed by atoms with Gasteiger partial charge >= 0.3 is 10.2 Å². The van der Waals surface area contributed by atoms with E-state index in [1.54, 1.807) is 24.3 Å². The molecule has 190 valence electrons. The third kappa shape index (κ3) is 4.29. The molecule has 35 heavy (non-hydrogen) atoms. The van der Waals surface area contributed by atoms with Crippen LogP contribution in [0.3, 0.4) is 0 Å². The van der Waals surface area contributed by atoms with Crippen molar-refractivity contribution in [3.8, 4) is 0 Å². The highest BCUT2D eigenvalue weighted by Gasteiger charge is 2.58. The zero-order valence-corrected chi connectivity index (χ0v) is 20.7. The standard InChI is InChI=1S/C24H33N5O5S/c1-15(30)26-19-5-2-3-6-20(19)29-8-4-7-28(35(29,33)34)14-21(31)27-22-17-9-16-10-18(22)13-24(11-16,12-17)23(25)32/h2-3,5-6,16-18,22H,4,7-14H2,1H3,(H2,25,32)(H,26,30)(H,27,31). The highest BCUT2D eigenvalue weighted by Crippen LogP contribution is 2.59. The number of anilines is 2. The third-order valence-electron chi connectivity index (χ3n) is 8.30. The number of carbonyl (C=O) groups is 3. The topological polar surface area (TPSA) is 142 Å². The van der Waals surface area contributed by atoms with Gasteiger partial charge < -0.3 is 16.4 Å². The molecule has 6 rings (SSSR count). The van der Waals surface area contributed by atoms with Crippen LogP contribution in [0.5, 0.6) is 0 Å². The predicted molar refractivity (Wildman–Crippen MR) is 130 cm³/mol. The molecular formula is C24H33N5O5S. The van der Waals surface area contributed by atoms with Gasteiger partial charge in [-0.3, -0.25) is 18.7 Å². The van der Waals surface area contributed by atoms with Crippen LogP contribution in [0.1, 0.15) is 45.4 Å². The first-order valence-corrected chi connectivity index (χ1v) is 13.7. The molecule has 0 aromatic heterocycles. The van der Waals surface area contributed by atoms with E-state index < -0.39 is 15.6 Å². The van der Waals surface area contributed by atoms with Gasteiger partial charge in [-0.05, 0) is 68.4 Å². The van der Waals surface area contributed by atoms with Crippen molar-refractivity contribution in [1.29, 1.82) is 0 Å². The molecule has 5 fully saturated rings. The monoisotopic (exact) mass is 503 g/mol. The van der Waals surface area contributed by atoms with Crippen molar-refractivity contribution in [1.82, 2.24) is 9.62 Å². The highest BCUT2D eigenvalue weighted by atomic mass is 32.2. The van der Waals surface area contributed by atoms with Crippen LogP contribution in [0.25, 0.3) is 0 Å². The summed E-state index contributed by atoms with van der Waals surface area (Å²) in [7, 11) is -3.96. The summed E-state index contributed by atoms with van der Waals surface area (Å²) in [6, 6.07) is 6.70. The molecule has 0 radical (unpaired) electrons. The van der Waals surface area contributed by atoms with Gasteiger partial charge in [-0.1, -0.05) is 12.1 Å². The Hall–Kier alpha value is -2.66. The van der Waals surface area contributed by atoms with Crippen LogP contribution in [0.15, 0.2) is 24.3 Å². The molecule has 2 atom stereocenters. The Morgan fingerprint density at radius 3 is 2.43 bits per heavy atom. The number of benzene rings is 1. The van der Waals surface area contributed by atoms with Crippen LogP contribution in [-0.2, 0) is 24.6 Å². The number of nitrogens with one attached hydrogen (secondary N) is 2. The Bertz CT molecular complexity index is 1140. The van der Waals surface area contributed by atoms with E-state index in [0.29, 0.717) is 36.6 Å². The molecule has 1 saturated heterocycles. The average molecular weight is 504 g/mol. The molecule has 4 aliphatic carbocycles. The van der Waals surface area contributed by atoms with Crippen LogP contribution < -0.4 is 20.7 Å². The number of hydrogen-bond acceptors (Lipinski definition) is 5. The minimum absolute atomic E-state index is 0.0457. The Balaban J connectivity index is 1.28. The van der Waals surface area contributed by atoms with E-state index >= 15 is 0 Å². The average Bonchev–Trinajstić information content (AvgIpc) is 2.77. The van der Waals surface area contributed by atoms with Gasteiger partial charge in [0.1, 0.15) is 0 Å². The number of para-hydroxylation sites is 2. The van der Waals surface area contributed by atoms with Crippen LogP contribution in [0, 0.1) is 23.2 Å². The largest absolute Gasteiger partial charge is 0.369 e. The SMILES string of the molecule is CC(=O)Nc1ccccc1N1CCCN(CC(=O)NC2C3CC4CC2CC(C(N)=O)(C4)C3)S1(=O)=O. The first-order valence-electron chi connectivity index (χ1n) is 12.3. The second kappa shape index (κ2) is 8.77.